The first-order valence-corrected chi connectivity index (χ1v) is 8.07. The number of benzene rings is 1. The minimum Gasteiger partial charge on any atom is -0.306 e. The van der Waals surface area contributed by atoms with Crippen LogP contribution in [-0.2, 0) is 12.3 Å². The van der Waals surface area contributed by atoms with Crippen molar-refractivity contribution in [2.24, 2.45) is 0 Å². The van der Waals surface area contributed by atoms with Crippen LogP contribution in [0.25, 0.3) is 0 Å². The van der Waals surface area contributed by atoms with Gasteiger partial charge in [-0.15, -0.1) is 10.2 Å². The smallest absolute Gasteiger partial charge is 0.191 e. The normalized spacial score (nSPS) is 14.7. The molecule has 0 saturated heterocycles. The summed E-state index contributed by atoms with van der Waals surface area (Å²) >= 11 is 1.57. The molecule has 1 fully saturated rings. The van der Waals surface area contributed by atoms with E-state index in [9.17, 15) is 4.39 Å². The Morgan fingerprint density at radius 2 is 2.10 bits per heavy atom. The van der Waals surface area contributed by atoms with Crippen molar-refractivity contribution in [3.8, 4) is 0 Å². The van der Waals surface area contributed by atoms with Crippen LogP contribution >= 0.6 is 11.8 Å². The molecule has 2 aromatic rings. The van der Waals surface area contributed by atoms with Gasteiger partial charge in [-0.2, -0.15) is 0 Å². The highest BCUT2D eigenvalue weighted by Gasteiger charge is 2.30. The maximum Gasteiger partial charge on any atom is 0.191 e. The zero-order valence-electron chi connectivity index (χ0n) is 11.6. The molecule has 0 N–H and O–H groups in total. The molecule has 0 atom stereocenters. The van der Waals surface area contributed by atoms with Crippen LogP contribution in [0.2, 0.25) is 0 Å². The zero-order chi connectivity index (χ0) is 13.9. The lowest BCUT2D eigenvalue weighted by molar-refractivity contribution is 0.592. The van der Waals surface area contributed by atoms with E-state index in [4.69, 9.17) is 0 Å². The summed E-state index contributed by atoms with van der Waals surface area (Å²) in [6.07, 6.45) is 3.50. The predicted molar refractivity (Wildman–Crippen MR) is 78.2 cm³/mol. The molecule has 1 aromatic heterocycles. The summed E-state index contributed by atoms with van der Waals surface area (Å²) in [4.78, 5) is 0. The van der Waals surface area contributed by atoms with Crippen LogP contribution in [0.5, 0.6) is 0 Å². The van der Waals surface area contributed by atoms with Crippen LogP contribution in [0.3, 0.4) is 0 Å². The Bertz CT molecular complexity index is 593. The number of thioether (sulfide) groups is 1. The minimum absolute atomic E-state index is 0.149. The van der Waals surface area contributed by atoms with E-state index in [1.807, 2.05) is 12.1 Å². The van der Waals surface area contributed by atoms with E-state index in [2.05, 4.69) is 21.7 Å². The maximum absolute atomic E-state index is 13.6. The van der Waals surface area contributed by atoms with E-state index < -0.39 is 0 Å². The van der Waals surface area contributed by atoms with Gasteiger partial charge < -0.3 is 4.57 Å². The molecule has 1 aromatic carbocycles. The number of aromatic nitrogens is 3. The third-order valence-electron chi connectivity index (χ3n) is 3.45. The van der Waals surface area contributed by atoms with Crippen molar-refractivity contribution in [2.45, 2.75) is 49.6 Å². The summed E-state index contributed by atoms with van der Waals surface area (Å²) in [6, 6.07) is 6.91. The molecule has 0 amide bonds. The summed E-state index contributed by atoms with van der Waals surface area (Å²) in [7, 11) is 0. The Morgan fingerprint density at radius 3 is 2.80 bits per heavy atom. The quantitative estimate of drug-likeness (QED) is 0.754. The average molecular weight is 291 g/mol. The molecule has 0 bridgehead atoms. The van der Waals surface area contributed by atoms with E-state index in [0.717, 1.165) is 29.5 Å². The van der Waals surface area contributed by atoms with Crippen LogP contribution < -0.4 is 0 Å². The van der Waals surface area contributed by atoms with Gasteiger partial charge in [-0.25, -0.2) is 4.39 Å². The molecule has 1 heterocycles. The molecule has 0 unspecified atom stereocenters. The van der Waals surface area contributed by atoms with Crippen molar-refractivity contribution >= 4 is 11.8 Å². The predicted octanol–water partition coefficient (Wildman–Crippen LogP) is 4.00. The molecule has 20 heavy (non-hydrogen) atoms. The fourth-order valence-corrected chi connectivity index (χ4v) is 3.20. The van der Waals surface area contributed by atoms with E-state index in [-0.39, 0.29) is 5.82 Å². The summed E-state index contributed by atoms with van der Waals surface area (Å²) in [5, 5.41) is 9.54. The van der Waals surface area contributed by atoms with Gasteiger partial charge in [0.15, 0.2) is 5.16 Å². The Balaban J connectivity index is 1.75. The van der Waals surface area contributed by atoms with E-state index in [1.54, 1.807) is 17.8 Å². The van der Waals surface area contributed by atoms with Crippen molar-refractivity contribution in [3.63, 3.8) is 0 Å². The highest BCUT2D eigenvalue weighted by atomic mass is 32.2. The first kappa shape index (κ1) is 13.6. The number of hydrogen-bond donors (Lipinski definition) is 0. The third-order valence-corrected chi connectivity index (χ3v) is 4.47. The molecule has 5 heteroatoms. The summed E-state index contributed by atoms with van der Waals surface area (Å²) in [5.41, 5.74) is 0.719. The van der Waals surface area contributed by atoms with Gasteiger partial charge in [-0.3, -0.25) is 0 Å². The van der Waals surface area contributed by atoms with Gasteiger partial charge in [0.25, 0.3) is 0 Å². The molecule has 106 valence electrons. The molecule has 3 rings (SSSR count). The largest absolute Gasteiger partial charge is 0.306 e. The summed E-state index contributed by atoms with van der Waals surface area (Å²) in [5.74, 6) is 2.16. The molecule has 1 saturated carbocycles. The second kappa shape index (κ2) is 5.95. The lowest BCUT2D eigenvalue weighted by Gasteiger charge is -2.08. The van der Waals surface area contributed by atoms with Gasteiger partial charge in [0.1, 0.15) is 11.6 Å². The van der Waals surface area contributed by atoms with Gasteiger partial charge in [0, 0.05) is 18.2 Å². The third kappa shape index (κ3) is 2.87. The van der Waals surface area contributed by atoms with E-state index in [1.165, 1.54) is 18.9 Å². The highest BCUT2D eigenvalue weighted by Crippen LogP contribution is 2.40. The van der Waals surface area contributed by atoms with Gasteiger partial charge in [0.05, 0.1) is 0 Å². The molecule has 0 radical (unpaired) electrons. The monoisotopic (exact) mass is 291 g/mol. The molecule has 0 spiro atoms. The second-order valence-electron chi connectivity index (χ2n) is 5.15. The first-order chi connectivity index (χ1) is 9.79. The zero-order valence-corrected chi connectivity index (χ0v) is 12.4. The number of halogens is 1. The molecule has 0 aliphatic heterocycles. The molecule has 1 aliphatic rings. The van der Waals surface area contributed by atoms with Crippen LogP contribution in [-0.4, -0.2) is 14.8 Å². The summed E-state index contributed by atoms with van der Waals surface area (Å²) < 4.78 is 15.8. The van der Waals surface area contributed by atoms with Crippen LogP contribution in [0.4, 0.5) is 4.39 Å². The average Bonchev–Trinajstić information content (AvgIpc) is 3.22. The standard InChI is InChI=1S/C15H18FN3S/c1-2-9-19-14(11-7-8-11)17-18-15(19)20-10-12-5-3-4-6-13(12)16/h3-6,11H,2,7-10H2,1H3. The SMILES string of the molecule is CCCn1c(SCc2ccccc2F)nnc1C1CC1. The Hall–Kier alpha value is -1.36. The highest BCUT2D eigenvalue weighted by molar-refractivity contribution is 7.98. The first-order valence-electron chi connectivity index (χ1n) is 7.09. The van der Waals surface area contributed by atoms with Crippen molar-refractivity contribution in [2.75, 3.05) is 0 Å². The van der Waals surface area contributed by atoms with Gasteiger partial charge in [-0.05, 0) is 30.9 Å². The maximum atomic E-state index is 13.6. The minimum atomic E-state index is -0.149. The topological polar surface area (TPSA) is 30.7 Å². The van der Waals surface area contributed by atoms with Crippen LogP contribution in [0, 0.1) is 5.82 Å². The Morgan fingerprint density at radius 1 is 1.30 bits per heavy atom. The van der Waals surface area contributed by atoms with Crippen molar-refractivity contribution in [3.05, 3.63) is 41.5 Å². The molecular weight excluding hydrogens is 273 g/mol. The number of hydrogen-bond acceptors (Lipinski definition) is 3. The lowest BCUT2D eigenvalue weighted by atomic mass is 10.2. The van der Waals surface area contributed by atoms with Gasteiger partial charge in [-0.1, -0.05) is 36.9 Å². The molecular formula is C15H18FN3S. The van der Waals surface area contributed by atoms with E-state index >= 15 is 0 Å². The number of rotatable bonds is 6. The van der Waals surface area contributed by atoms with Crippen LogP contribution in [0.1, 0.15) is 43.5 Å². The Kier molecular flexibility index (Phi) is 4.05. The van der Waals surface area contributed by atoms with Crippen molar-refractivity contribution < 1.29 is 4.39 Å². The van der Waals surface area contributed by atoms with Crippen LogP contribution in [0.15, 0.2) is 29.4 Å². The van der Waals surface area contributed by atoms with Gasteiger partial charge in [0.2, 0.25) is 0 Å². The second-order valence-corrected chi connectivity index (χ2v) is 6.09. The van der Waals surface area contributed by atoms with Crippen molar-refractivity contribution in [1.82, 2.24) is 14.8 Å². The molecule has 1 aliphatic carbocycles. The lowest BCUT2D eigenvalue weighted by Crippen LogP contribution is -2.04. The fraction of sp³-hybridized carbons (Fsp3) is 0.467. The van der Waals surface area contributed by atoms with Gasteiger partial charge >= 0.3 is 0 Å². The van der Waals surface area contributed by atoms with E-state index in [0.29, 0.717) is 11.7 Å². The molecule has 3 nitrogen and oxygen atoms in total. The summed E-state index contributed by atoms with van der Waals surface area (Å²) in [6.45, 7) is 3.10. The fourth-order valence-electron chi connectivity index (χ4n) is 2.24. The van der Waals surface area contributed by atoms with Crippen molar-refractivity contribution in [1.29, 1.82) is 0 Å². The number of nitrogens with zero attached hydrogens (tertiary/aromatic N) is 3. The Labute approximate surface area is 122 Å².